The molecule has 2 unspecified atom stereocenters. The lowest BCUT2D eigenvalue weighted by molar-refractivity contribution is -0.143. The first-order chi connectivity index (χ1) is 11.1. The van der Waals surface area contributed by atoms with Crippen LogP contribution in [0.25, 0.3) is 0 Å². The maximum atomic E-state index is 12.1. The molecule has 0 heterocycles. The number of carboxylic acids is 1. The molecule has 0 saturated carbocycles. The molecule has 1 aliphatic rings. The molecule has 0 saturated heterocycles. The predicted molar refractivity (Wildman–Crippen MR) is 87.2 cm³/mol. The number of rotatable bonds is 8. The molecule has 5 heteroatoms. The fraction of sp³-hybridized carbons (Fsp3) is 0.444. The molecular weight excluding hydrogens is 294 g/mol. The van der Waals surface area contributed by atoms with Gasteiger partial charge in [-0.3, -0.25) is 4.79 Å². The van der Waals surface area contributed by atoms with Crippen LogP contribution in [0.4, 0.5) is 0 Å². The predicted octanol–water partition coefficient (Wildman–Crippen LogP) is 1.95. The monoisotopic (exact) mass is 317 g/mol. The Labute approximate surface area is 136 Å². The van der Waals surface area contributed by atoms with Gasteiger partial charge in [0.1, 0.15) is 0 Å². The normalized spacial score (nSPS) is 17.8. The van der Waals surface area contributed by atoms with Gasteiger partial charge in [0.2, 0.25) is 5.91 Å². The van der Waals surface area contributed by atoms with Crippen LogP contribution in [0.15, 0.2) is 36.9 Å². The van der Waals surface area contributed by atoms with Gasteiger partial charge in [-0.25, -0.2) is 4.79 Å². The number of carboxylic acid groups (broad SMARTS) is 1. The maximum absolute atomic E-state index is 12.1. The zero-order valence-corrected chi connectivity index (χ0v) is 13.2. The highest BCUT2D eigenvalue weighted by molar-refractivity contribution is 5.83. The molecule has 0 aromatic heterocycles. The first-order valence-corrected chi connectivity index (χ1v) is 7.87. The molecule has 2 atom stereocenters. The second-order valence-corrected chi connectivity index (χ2v) is 5.87. The standard InChI is InChI=1S/C18H23NO4/c1-2-9-23-12-16(18(21)22)19-17(20)11-13-7-8-14-5-3-4-6-15(14)10-13/h2-6,13,16H,1,7-12H2,(H,19,20)(H,21,22). The van der Waals surface area contributed by atoms with Crippen LogP contribution in [0.2, 0.25) is 0 Å². The van der Waals surface area contributed by atoms with Crippen LogP contribution >= 0.6 is 0 Å². The Hall–Kier alpha value is -2.14. The van der Waals surface area contributed by atoms with Crippen molar-refractivity contribution in [2.24, 2.45) is 5.92 Å². The summed E-state index contributed by atoms with van der Waals surface area (Å²) in [7, 11) is 0. The number of fused-ring (bicyclic) bond motifs is 1. The summed E-state index contributed by atoms with van der Waals surface area (Å²) in [6.45, 7) is 3.71. The number of ether oxygens (including phenoxy) is 1. The number of hydrogen-bond acceptors (Lipinski definition) is 3. The minimum Gasteiger partial charge on any atom is -0.480 e. The molecule has 0 fully saturated rings. The number of carbonyl (C=O) groups is 2. The van der Waals surface area contributed by atoms with Crippen molar-refractivity contribution < 1.29 is 19.4 Å². The molecule has 5 nitrogen and oxygen atoms in total. The minimum absolute atomic E-state index is 0.0550. The second kappa shape index (κ2) is 8.48. The van der Waals surface area contributed by atoms with Crippen LogP contribution in [0.1, 0.15) is 24.0 Å². The van der Waals surface area contributed by atoms with Crippen LogP contribution < -0.4 is 5.32 Å². The van der Waals surface area contributed by atoms with Crippen molar-refractivity contribution >= 4 is 11.9 Å². The number of carbonyl (C=O) groups excluding carboxylic acids is 1. The van der Waals surface area contributed by atoms with Crippen LogP contribution in [-0.2, 0) is 27.2 Å². The van der Waals surface area contributed by atoms with Crippen molar-refractivity contribution in [2.45, 2.75) is 31.7 Å². The van der Waals surface area contributed by atoms with Gasteiger partial charge in [-0.2, -0.15) is 0 Å². The highest BCUT2D eigenvalue weighted by Crippen LogP contribution is 2.27. The molecule has 1 aromatic rings. The molecule has 23 heavy (non-hydrogen) atoms. The van der Waals surface area contributed by atoms with Gasteiger partial charge in [0.25, 0.3) is 0 Å². The third-order valence-corrected chi connectivity index (χ3v) is 4.08. The van der Waals surface area contributed by atoms with Crippen LogP contribution in [0.3, 0.4) is 0 Å². The zero-order valence-electron chi connectivity index (χ0n) is 13.2. The summed E-state index contributed by atoms with van der Waals surface area (Å²) in [6.07, 6.45) is 4.68. The Morgan fingerprint density at radius 2 is 2.13 bits per heavy atom. The number of hydrogen-bond donors (Lipinski definition) is 2. The molecule has 0 bridgehead atoms. The average molecular weight is 317 g/mol. The largest absolute Gasteiger partial charge is 0.480 e. The Balaban J connectivity index is 1.84. The third-order valence-electron chi connectivity index (χ3n) is 4.08. The van der Waals surface area contributed by atoms with E-state index in [1.807, 2.05) is 12.1 Å². The number of amides is 1. The summed E-state index contributed by atoms with van der Waals surface area (Å²) in [5, 5.41) is 11.7. The first-order valence-electron chi connectivity index (χ1n) is 7.87. The van der Waals surface area contributed by atoms with Gasteiger partial charge in [-0.1, -0.05) is 30.3 Å². The fourth-order valence-electron chi connectivity index (χ4n) is 2.91. The Bertz CT molecular complexity index is 570. The molecule has 0 radical (unpaired) electrons. The number of aliphatic carboxylic acids is 1. The van der Waals surface area contributed by atoms with Crippen molar-refractivity contribution in [1.29, 1.82) is 0 Å². The summed E-state index contributed by atoms with van der Waals surface area (Å²) >= 11 is 0. The lowest BCUT2D eigenvalue weighted by Crippen LogP contribution is -2.44. The average Bonchev–Trinajstić information content (AvgIpc) is 2.54. The number of aryl methyl sites for hydroxylation is 1. The highest BCUT2D eigenvalue weighted by atomic mass is 16.5. The lowest BCUT2D eigenvalue weighted by atomic mass is 9.82. The van der Waals surface area contributed by atoms with Crippen LogP contribution in [0, 0.1) is 5.92 Å². The van der Waals surface area contributed by atoms with Gasteiger partial charge in [0.05, 0.1) is 13.2 Å². The molecule has 2 N–H and O–H groups in total. The molecule has 1 aromatic carbocycles. The molecular formula is C18H23NO4. The summed E-state index contributed by atoms with van der Waals surface area (Å²) in [5.41, 5.74) is 2.64. The van der Waals surface area contributed by atoms with Gasteiger partial charge in [0, 0.05) is 6.42 Å². The molecule has 1 aliphatic carbocycles. The van der Waals surface area contributed by atoms with Gasteiger partial charge in [0.15, 0.2) is 6.04 Å². The molecule has 0 spiro atoms. The Morgan fingerprint density at radius 1 is 1.39 bits per heavy atom. The van der Waals surface area contributed by atoms with Gasteiger partial charge >= 0.3 is 5.97 Å². The zero-order chi connectivity index (χ0) is 16.7. The Morgan fingerprint density at radius 3 is 2.83 bits per heavy atom. The smallest absolute Gasteiger partial charge is 0.328 e. The third kappa shape index (κ3) is 5.21. The van der Waals surface area contributed by atoms with E-state index in [0.29, 0.717) is 6.42 Å². The van der Waals surface area contributed by atoms with Crippen LogP contribution in [-0.4, -0.2) is 36.2 Å². The Kier molecular flexibility index (Phi) is 6.35. The summed E-state index contributed by atoms with van der Waals surface area (Å²) in [4.78, 5) is 23.3. The van der Waals surface area contributed by atoms with E-state index in [1.54, 1.807) is 6.08 Å². The maximum Gasteiger partial charge on any atom is 0.328 e. The van der Waals surface area contributed by atoms with E-state index < -0.39 is 12.0 Å². The van der Waals surface area contributed by atoms with Crippen molar-refractivity contribution in [1.82, 2.24) is 5.32 Å². The van der Waals surface area contributed by atoms with Crippen molar-refractivity contribution in [3.05, 3.63) is 48.0 Å². The van der Waals surface area contributed by atoms with E-state index in [9.17, 15) is 9.59 Å². The topological polar surface area (TPSA) is 75.6 Å². The van der Waals surface area contributed by atoms with Crippen molar-refractivity contribution in [3.63, 3.8) is 0 Å². The quantitative estimate of drug-likeness (QED) is 0.568. The number of nitrogens with one attached hydrogen (secondary N) is 1. The van der Waals surface area contributed by atoms with Crippen molar-refractivity contribution in [3.8, 4) is 0 Å². The van der Waals surface area contributed by atoms with E-state index >= 15 is 0 Å². The summed E-state index contributed by atoms with van der Waals surface area (Å²) in [6, 6.07) is 7.26. The molecule has 124 valence electrons. The SMILES string of the molecule is C=CCOCC(NC(=O)CC1CCc2ccccc2C1)C(=O)O. The molecule has 0 aliphatic heterocycles. The highest BCUT2D eigenvalue weighted by Gasteiger charge is 2.24. The van der Waals surface area contributed by atoms with Gasteiger partial charge in [-0.15, -0.1) is 6.58 Å². The lowest BCUT2D eigenvalue weighted by Gasteiger charge is -2.24. The number of benzene rings is 1. The van der Waals surface area contributed by atoms with E-state index in [1.165, 1.54) is 11.1 Å². The summed E-state index contributed by atoms with van der Waals surface area (Å²) < 4.78 is 5.13. The van der Waals surface area contributed by atoms with Crippen LogP contribution in [0.5, 0.6) is 0 Å². The van der Waals surface area contributed by atoms with E-state index in [0.717, 1.165) is 19.3 Å². The fourth-order valence-corrected chi connectivity index (χ4v) is 2.91. The van der Waals surface area contributed by atoms with E-state index in [2.05, 4.69) is 24.0 Å². The van der Waals surface area contributed by atoms with Gasteiger partial charge < -0.3 is 15.2 Å². The van der Waals surface area contributed by atoms with E-state index in [-0.39, 0.29) is 25.0 Å². The first kappa shape index (κ1) is 17.2. The second-order valence-electron chi connectivity index (χ2n) is 5.87. The molecule has 2 rings (SSSR count). The summed E-state index contributed by atoms with van der Waals surface area (Å²) in [5.74, 6) is -1.06. The van der Waals surface area contributed by atoms with Crippen molar-refractivity contribution in [2.75, 3.05) is 13.2 Å². The van der Waals surface area contributed by atoms with Gasteiger partial charge in [-0.05, 0) is 36.3 Å². The van der Waals surface area contributed by atoms with E-state index in [4.69, 9.17) is 9.84 Å². The minimum atomic E-state index is -1.09. The molecule has 1 amide bonds.